The van der Waals surface area contributed by atoms with Crippen LogP contribution in [0.3, 0.4) is 0 Å². The molecule has 1 aromatic carbocycles. The van der Waals surface area contributed by atoms with Crippen LogP contribution in [0.2, 0.25) is 0 Å². The van der Waals surface area contributed by atoms with Crippen LogP contribution in [0, 0.1) is 10.1 Å². The van der Waals surface area contributed by atoms with E-state index in [-0.39, 0.29) is 11.6 Å². The third-order valence-corrected chi connectivity index (χ3v) is 3.39. The van der Waals surface area contributed by atoms with E-state index in [9.17, 15) is 14.9 Å². The highest BCUT2D eigenvalue weighted by Crippen LogP contribution is 2.20. The first kappa shape index (κ1) is 17.1. The summed E-state index contributed by atoms with van der Waals surface area (Å²) in [7, 11) is 0. The van der Waals surface area contributed by atoms with Crippen molar-refractivity contribution in [3.05, 3.63) is 65.0 Å². The number of nitrogens with one attached hydrogen (secondary N) is 1. The minimum atomic E-state index is -0.854. The lowest BCUT2D eigenvalue weighted by Gasteiger charge is -2.14. The number of aromatic nitrogens is 2. The smallest absolute Gasteiger partial charge is 0.269 e. The Kier molecular flexibility index (Phi) is 4.88. The Morgan fingerprint density at radius 2 is 2.04 bits per heavy atom. The van der Waals surface area contributed by atoms with Crippen LogP contribution in [0.4, 0.5) is 11.6 Å². The van der Waals surface area contributed by atoms with E-state index in [1.165, 1.54) is 36.7 Å². The van der Waals surface area contributed by atoms with Gasteiger partial charge < -0.3 is 9.15 Å². The zero-order valence-corrected chi connectivity index (χ0v) is 13.7. The van der Waals surface area contributed by atoms with Crippen molar-refractivity contribution in [2.45, 2.75) is 13.0 Å². The molecule has 1 atom stereocenters. The molecule has 3 rings (SSSR count). The average molecular weight is 354 g/mol. The first-order valence-corrected chi connectivity index (χ1v) is 7.62. The summed E-state index contributed by atoms with van der Waals surface area (Å²) in [5, 5.41) is 13.2. The van der Waals surface area contributed by atoms with Crippen molar-refractivity contribution < 1.29 is 18.9 Å². The van der Waals surface area contributed by atoms with Crippen LogP contribution in [0.25, 0.3) is 11.5 Å². The molecule has 0 radical (unpaired) electrons. The molecule has 0 aliphatic carbocycles. The number of furan rings is 1. The van der Waals surface area contributed by atoms with E-state index in [2.05, 4.69) is 15.3 Å². The van der Waals surface area contributed by atoms with E-state index >= 15 is 0 Å². The summed E-state index contributed by atoms with van der Waals surface area (Å²) >= 11 is 0. The first-order chi connectivity index (χ1) is 12.5. The monoisotopic (exact) mass is 354 g/mol. The van der Waals surface area contributed by atoms with Crippen molar-refractivity contribution in [1.82, 2.24) is 9.97 Å². The molecule has 0 spiro atoms. The SMILES string of the molecule is C[C@@H](Oc1ccc([N+](=O)[O-])cc1)C(=O)Nc1nccc(-c2ccco2)n1. The predicted molar refractivity (Wildman–Crippen MR) is 91.6 cm³/mol. The minimum absolute atomic E-state index is 0.0578. The van der Waals surface area contributed by atoms with Gasteiger partial charge in [-0.2, -0.15) is 0 Å². The highest BCUT2D eigenvalue weighted by Gasteiger charge is 2.17. The van der Waals surface area contributed by atoms with Gasteiger partial charge in [-0.05, 0) is 37.3 Å². The van der Waals surface area contributed by atoms with Crippen LogP contribution in [-0.4, -0.2) is 26.9 Å². The molecule has 2 aromatic heterocycles. The summed E-state index contributed by atoms with van der Waals surface area (Å²) in [6.07, 6.45) is 2.17. The number of nitro groups is 1. The van der Waals surface area contributed by atoms with Gasteiger partial charge >= 0.3 is 0 Å². The van der Waals surface area contributed by atoms with Crippen molar-refractivity contribution in [3.63, 3.8) is 0 Å². The molecule has 9 heteroatoms. The van der Waals surface area contributed by atoms with Gasteiger partial charge in [-0.25, -0.2) is 9.97 Å². The molecule has 0 unspecified atom stereocenters. The van der Waals surface area contributed by atoms with Crippen molar-refractivity contribution in [1.29, 1.82) is 0 Å². The fourth-order valence-electron chi connectivity index (χ4n) is 2.10. The summed E-state index contributed by atoms with van der Waals surface area (Å²) in [6.45, 7) is 1.55. The lowest BCUT2D eigenvalue weighted by atomic mass is 10.3. The number of anilines is 1. The number of nitrogens with zero attached hydrogens (tertiary/aromatic N) is 3. The maximum Gasteiger partial charge on any atom is 0.269 e. The van der Waals surface area contributed by atoms with Crippen LogP contribution < -0.4 is 10.1 Å². The van der Waals surface area contributed by atoms with Gasteiger partial charge in [-0.15, -0.1) is 0 Å². The lowest BCUT2D eigenvalue weighted by molar-refractivity contribution is -0.384. The highest BCUT2D eigenvalue weighted by molar-refractivity contribution is 5.92. The van der Waals surface area contributed by atoms with Crippen LogP contribution in [0.1, 0.15) is 6.92 Å². The number of benzene rings is 1. The minimum Gasteiger partial charge on any atom is -0.481 e. The van der Waals surface area contributed by atoms with Gasteiger partial charge in [0.15, 0.2) is 11.9 Å². The van der Waals surface area contributed by atoms with Gasteiger partial charge in [0.05, 0.1) is 11.2 Å². The second-order valence-electron chi connectivity index (χ2n) is 5.24. The van der Waals surface area contributed by atoms with Crippen molar-refractivity contribution in [2.75, 3.05) is 5.32 Å². The van der Waals surface area contributed by atoms with E-state index in [0.717, 1.165) is 0 Å². The summed E-state index contributed by atoms with van der Waals surface area (Å²) in [4.78, 5) is 30.6. The molecule has 1 amide bonds. The molecule has 0 aliphatic heterocycles. The standard InChI is InChI=1S/C17H14N4O5/c1-11(26-13-6-4-12(5-7-13)21(23)24)16(22)20-17-18-9-8-14(19-17)15-3-2-10-25-15/h2-11H,1H3,(H,18,19,20,22)/t11-/m1/s1. The molecule has 3 aromatic rings. The van der Waals surface area contributed by atoms with Gasteiger partial charge in [0.1, 0.15) is 11.4 Å². The van der Waals surface area contributed by atoms with Crippen LogP contribution >= 0.6 is 0 Å². The molecule has 26 heavy (non-hydrogen) atoms. The Morgan fingerprint density at radius 1 is 1.27 bits per heavy atom. The van der Waals surface area contributed by atoms with E-state index in [0.29, 0.717) is 17.2 Å². The average Bonchev–Trinajstić information content (AvgIpc) is 3.17. The topological polar surface area (TPSA) is 120 Å². The Bertz CT molecular complexity index is 909. The molecular formula is C17H14N4O5. The van der Waals surface area contributed by atoms with Gasteiger partial charge in [-0.1, -0.05) is 0 Å². The molecule has 1 N–H and O–H groups in total. The largest absolute Gasteiger partial charge is 0.481 e. The van der Waals surface area contributed by atoms with E-state index in [1.54, 1.807) is 25.1 Å². The fourth-order valence-corrected chi connectivity index (χ4v) is 2.10. The Labute approximate surface area is 147 Å². The van der Waals surface area contributed by atoms with Gasteiger partial charge in [0.25, 0.3) is 11.6 Å². The number of nitro benzene ring substituents is 1. The maximum atomic E-state index is 12.2. The number of non-ortho nitro benzene ring substituents is 1. The number of carbonyl (C=O) groups is 1. The molecule has 0 fully saturated rings. The fraction of sp³-hybridized carbons (Fsp3) is 0.118. The molecule has 0 bridgehead atoms. The van der Waals surface area contributed by atoms with Crippen LogP contribution in [0.5, 0.6) is 5.75 Å². The van der Waals surface area contributed by atoms with Gasteiger partial charge in [0.2, 0.25) is 5.95 Å². The number of hydrogen-bond donors (Lipinski definition) is 1. The molecule has 0 saturated heterocycles. The van der Waals surface area contributed by atoms with E-state index in [1.807, 2.05) is 0 Å². The van der Waals surface area contributed by atoms with E-state index < -0.39 is 16.9 Å². The van der Waals surface area contributed by atoms with E-state index in [4.69, 9.17) is 9.15 Å². The summed E-state index contributed by atoms with van der Waals surface area (Å²) in [5.41, 5.74) is 0.474. The molecule has 2 heterocycles. The molecule has 0 saturated carbocycles. The zero-order chi connectivity index (χ0) is 18.5. The van der Waals surface area contributed by atoms with Crippen LogP contribution in [-0.2, 0) is 4.79 Å². The third-order valence-electron chi connectivity index (χ3n) is 3.39. The second kappa shape index (κ2) is 7.43. The number of carbonyl (C=O) groups excluding carboxylic acids is 1. The van der Waals surface area contributed by atoms with Crippen molar-refractivity contribution >= 4 is 17.5 Å². The zero-order valence-electron chi connectivity index (χ0n) is 13.7. The summed E-state index contributed by atoms with van der Waals surface area (Å²) < 4.78 is 10.7. The number of rotatable bonds is 6. The normalized spacial score (nSPS) is 11.6. The molecule has 0 aliphatic rings. The van der Waals surface area contributed by atoms with Gasteiger partial charge in [-0.3, -0.25) is 20.2 Å². The molecule has 132 valence electrons. The Hall–Kier alpha value is -3.75. The molecule has 9 nitrogen and oxygen atoms in total. The quantitative estimate of drug-likeness (QED) is 0.533. The predicted octanol–water partition coefficient (Wildman–Crippen LogP) is 3.05. The Balaban J connectivity index is 1.64. The first-order valence-electron chi connectivity index (χ1n) is 7.62. The second-order valence-corrected chi connectivity index (χ2v) is 5.24. The van der Waals surface area contributed by atoms with Crippen LogP contribution in [0.15, 0.2) is 59.3 Å². The molecular weight excluding hydrogens is 340 g/mol. The number of ether oxygens (including phenoxy) is 1. The van der Waals surface area contributed by atoms with Gasteiger partial charge in [0, 0.05) is 18.3 Å². The maximum absolute atomic E-state index is 12.2. The highest BCUT2D eigenvalue weighted by atomic mass is 16.6. The number of amides is 1. The van der Waals surface area contributed by atoms with Crippen molar-refractivity contribution in [2.24, 2.45) is 0 Å². The van der Waals surface area contributed by atoms with Crippen molar-refractivity contribution in [3.8, 4) is 17.2 Å². The Morgan fingerprint density at radius 3 is 2.69 bits per heavy atom. The number of hydrogen-bond acceptors (Lipinski definition) is 7. The third kappa shape index (κ3) is 4.01. The summed E-state index contributed by atoms with van der Waals surface area (Å²) in [5.74, 6) is 0.546. The lowest BCUT2D eigenvalue weighted by Crippen LogP contribution is -2.30. The summed E-state index contributed by atoms with van der Waals surface area (Å²) in [6, 6.07) is 10.6.